The van der Waals surface area contributed by atoms with Crippen LogP contribution < -0.4 is 0 Å². The van der Waals surface area contributed by atoms with Gasteiger partial charge in [-0.25, -0.2) is 0 Å². The molecule has 0 radical (unpaired) electrons. The highest BCUT2D eigenvalue weighted by Gasteiger charge is 2.07. The Kier molecular flexibility index (Phi) is 4.48. The summed E-state index contributed by atoms with van der Waals surface area (Å²) in [5, 5.41) is 0. The SMILES string of the molecule is O=CCC#CCN1CCCCC1. The number of nitrogens with zero attached hydrogens (tertiary/aromatic N) is 1. The highest BCUT2D eigenvalue weighted by atomic mass is 16.1. The molecule has 1 fully saturated rings. The van der Waals surface area contributed by atoms with Crippen LogP contribution in [0.5, 0.6) is 0 Å². The van der Waals surface area contributed by atoms with Crippen molar-refractivity contribution in [3.8, 4) is 11.8 Å². The lowest BCUT2D eigenvalue weighted by molar-refractivity contribution is -0.107. The van der Waals surface area contributed by atoms with Crippen molar-refractivity contribution in [3.05, 3.63) is 0 Å². The molecule has 2 nitrogen and oxygen atoms in total. The maximum atomic E-state index is 9.94. The van der Waals surface area contributed by atoms with Gasteiger partial charge in [0.05, 0.1) is 13.0 Å². The minimum Gasteiger partial charge on any atom is -0.302 e. The van der Waals surface area contributed by atoms with Gasteiger partial charge in [0, 0.05) is 0 Å². The zero-order chi connectivity index (χ0) is 8.65. The van der Waals surface area contributed by atoms with Crippen molar-refractivity contribution in [2.75, 3.05) is 19.6 Å². The van der Waals surface area contributed by atoms with Gasteiger partial charge in [-0.05, 0) is 25.9 Å². The van der Waals surface area contributed by atoms with E-state index in [0.29, 0.717) is 6.42 Å². The van der Waals surface area contributed by atoms with Crippen molar-refractivity contribution in [1.29, 1.82) is 0 Å². The zero-order valence-corrected chi connectivity index (χ0v) is 7.38. The second-order valence-electron chi connectivity index (χ2n) is 3.06. The third-order valence-corrected chi connectivity index (χ3v) is 2.06. The van der Waals surface area contributed by atoms with E-state index in [4.69, 9.17) is 0 Å². The molecule has 1 rings (SSSR count). The number of carbonyl (C=O) groups excluding carboxylic acids is 1. The summed E-state index contributed by atoms with van der Waals surface area (Å²) < 4.78 is 0. The summed E-state index contributed by atoms with van der Waals surface area (Å²) in [6.07, 6.45) is 5.19. The van der Waals surface area contributed by atoms with Gasteiger partial charge in [-0.2, -0.15) is 0 Å². The first-order valence-electron chi connectivity index (χ1n) is 4.55. The highest BCUT2D eigenvalue weighted by Crippen LogP contribution is 2.06. The summed E-state index contributed by atoms with van der Waals surface area (Å²) in [5.74, 6) is 5.82. The molecule has 0 saturated carbocycles. The van der Waals surface area contributed by atoms with E-state index in [9.17, 15) is 4.79 Å². The fourth-order valence-corrected chi connectivity index (χ4v) is 1.40. The number of hydrogen-bond acceptors (Lipinski definition) is 2. The molecule has 0 aromatic heterocycles. The van der Waals surface area contributed by atoms with E-state index >= 15 is 0 Å². The monoisotopic (exact) mass is 165 g/mol. The molecule has 1 heterocycles. The number of likely N-dealkylation sites (tertiary alicyclic amines) is 1. The number of hydrogen-bond donors (Lipinski definition) is 0. The van der Waals surface area contributed by atoms with Crippen LogP contribution in [0, 0.1) is 11.8 Å². The van der Waals surface area contributed by atoms with E-state index in [2.05, 4.69) is 16.7 Å². The molecule has 0 amide bonds. The molecule has 1 aliphatic rings. The second-order valence-corrected chi connectivity index (χ2v) is 3.06. The molecule has 66 valence electrons. The molecule has 12 heavy (non-hydrogen) atoms. The van der Waals surface area contributed by atoms with Crippen molar-refractivity contribution >= 4 is 6.29 Å². The maximum Gasteiger partial charge on any atom is 0.131 e. The number of rotatable bonds is 2. The van der Waals surface area contributed by atoms with Crippen LogP contribution in [0.1, 0.15) is 25.7 Å². The van der Waals surface area contributed by atoms with Crippen molar-refractivity contribution < 1.29 is 4.79 Å². The molecule has 0 N–H and O–H groups in total. The Morgan fingerprint density at radius 1 is 1.17 bits per heavy atom. The lowest BCUT2D eigenvalue weighted by atomic mass is 10.1. The van der Waals surface area contributed by atoms with Gasteiger partial charge < -0.3 is 4.79 Å². The van der Waals surface area contributed by atoms with E-state index in [-0.39, 0.29) is 0 Å². The van der Waals surface area contributed by atoms with Crippen LogP contribution >= 0.6 is 0 Å². The molecule has 0 aliphatic carbocycles. The Morgan fingerprint density at radius 2 is 1.92 bits per heavy atom. The van der Waals surface area contributed by atoms with Crippen molar-refractivity contribution in [2.45, 2.75) is 25.7 Å². The Labute approximate surface area is 73.9 Å². The predicted octanol–water partition coefficient (Wildman–Crippen LogP) is 1.06. The van der Waals surface area contributed by atoms with E-state index in [1.165, 1.54) is 32.4 Å². The van der Waals surface area contributed by atoms with Gasteiger partial charge in [0.2, 0.25) is 0 Å². The zero-order valence-electron chi connectivity index (χ0n) is 7.38. The molecule has 0 atom stereocenters. The quantitative estimate of drug-likeness (QED) is 0.450. The fourth-order valence-electron chi connectivity index (χ4n) is 1.40. The molecule has 0 spiro atoms. The lowest BCUT2D eigenvalue weighted by Gasteiger charge is -2.23. The smallest absolute Gasteiger partial charge is 0.131 e. The van der Waals surface area contributed by atoms with Crippen molar-refractivity contribution in [2.24, 2.45) is 0 Å². The van der Waals surface area contributed by atoms with Crippen LogP contribution in [0.3, 0.4) is 0 Å². The van der Waals surface area contributed by atoms with Gasteiger partial charge in [-0.15, -0.1) is 0 Å². The summed E-state index contributed by atoms with van der Waals surface area (Å²) in [4.78, 5) is 12.3. The van der Waals surface area contributed by atoms with Gasteiger partial charge in [0.25, 0.3) is 0 Å². The average molecular weight is 165 g/mol. The molecular weight excluding hydrogens is 150 g/mol. The molecule has 0 unspecified atom stereocenters. The number of carbonyl (C=O) groups is 1. The summed E-state index contributed by atoms with van der Waals surface area (Å²) in [5.41, 5.74) is 0. The molecular formula is C10H15NO. The minimum atomic E-state index is 0.383. The Balaban J connectivity index is 2.13. The van der Waals surface area contributed by atoms with Crippen LogP contribution in [0.15, 0.2) is 0 Å². The van der Waals surface area contributed by atoms with Gasteiger partial charge in [0.15, 0.2) is 0 Å². The first kappa shape index (κ1) is 9.28. The summed E-state index contributed by atoms with van der Waals surface area (Å²) in [6, 6.07) is 0. The molecule has 1 saturated heterocycles. The van der Waals surface area contributed by atoms with Gasteiger partial charge in [-0.1, -0.05) is 18.3 Å². The Bertz CT molecular complexity index is 184. The number of piperidine rings is 1. The average Bonchev–Trinajstić information content (AvgIpc) is 2.14. The minimum absolute atomic E-state index is 0.383. The van der Waals surface area contributed by atoms with E-state index in [1.54, 1.807) is 0 Å². The van der Waals surface area contributed by atoms with Crippen LogP contribution in [-0.2, 0) is 4.79 Å². The molecule has 0 aromatic carbocycles. The van der Waals surface area contributed by atoms with E-state index in [0.717, 1.165) is 12.8 Å². The molecule has 2 heteroatoms. The van der Waals surface area contributed by atoms with Crippen LogP contribution in [0.2, 0.25) is 0 Å². The second kappa shape index (κ2) is 5.79. The van der Waals surface area contributed by atoms with E-state index < -0.39 is 0 Å². The van der Waals surface area contributed by atoms with Gasteiger partial charge in [-0.3, -0.25) is 4.90 Å². The summed E-state index contributed by atoms with van der Waals surface area (Å²) in [7, 11) is 0. The van der Waals surface area contributed by atoms with Crippen LogP contribution in [0.25, 0.3) is 0 Å². The summed E-state index contributed by atoms with van der Waals surface area (Å²) in [6.45, 7) is 3.19. The highest BCUT2D eigenvalue weighted by molar-refractivity contribution is 5.53. The van der Waals surface area contributed by atoms with Crippen LogP contribution in [0.4, 0.5) is 0 Å². The first-order chi connectivity index (χ1) is 5.93. The maximum absolute atomic E-state index is 9.94. The Morgan fingerprint density at radius 3 is 2.58 bits per heavy atom. The summed E-state index contributed by atoms with van der Waals surface area (Å²) >= 11 is 0. The van der Waals surface area contributed by atoms with Crippen molar-refractivity contribution in [3.63, 3.8) is 0 Å². The molecule has 0 aromatic rings. The Hall–Kier alpha value is -0.810. The third-order valence-electron chi connectivity index (χ3n) is 2.06. The van der Waals surface area contributed by atoms with Crippen molar-refractivity contribution in [1.82, 2.24) is 4.90 Å². The lowest BCUT2D eigenvalue weighted by Crippen LogP contribution is -2.29. The fraction of sp³-hybridized carbons (Fsp3) is 0.700. The molecule has 0 bridgehead atoms. The van der Waals surface area contributed by atoms with Gasteiger partial charge in [0.1, 0.15) is 6.29 Å². The number of aldehydes is 1. The molecule has 1 aliphatic heterocycles. The third kappa shape index (κ3) is 3.54. The largest absolute Gasteiger partial charge is 0.302 e. The van der Waals surface area contributed by atoms with Gasteiger partial charge >= 0.3 is 0 Å². The standard InChI is InChI=1S/C10H15NO/c12-10-6-2-5-9-11-7-3-1-4-8-11/h10H,1,3-4,6-9H2. The van der Waals surface area contributed by atoms with E-state index in [1.807, 2.05) is 0 Å². The normalized spacial score (nSPS) is 18.0. The van der Waals surface area contributed by atoms with Crippen LogP contribution in [-0.4, -0.2) is 30.8 Å². The predicted molar refractivity (Wildman–Crippen MR) is 48.7 cm³/mol. The first-order valence-corrected chi connectivity index (χ1v) is 4.55. The topological polar surface area (TPSA) is 20.3 Å².